The number of aliphatic hydroxyl groups excluding tert-OH is 2. The minimum Gasteiger partial charge on any atom is -0.444 e. The van der Waals surface area contributed by atoms with Gasteiger partial charge < -0.3 is 39.5 Å². The number of carbonyl (C=O) groups is 5. The van der Waals surface area contributed by atoms with Crippen LogP contribution in [-0.2, 0) is 23.8 Å². The van der Waals surface area contributed by atoms with E-state index in [1.807, 2.05) is 76.2 Å². The molecule has 3 N–H and O–H groups in total. The van der Waals surface area contributed by atoms with Crippen molar-refractivity contribution in [3.63, 3.8) is 0 Å². The van der Waals surface area contributed by atoms with Crippen molar-refractivity contribution in [1.29, 1.82) is 0 Å². The van der Waals surface area contributed by atoms with Crippen LogP contribution in [0.1, 0.15) is 128 Å². The van der Waals surface area contributed by atoms with Gasteiger partial charge in [0.15, 0.2) is 5.78 Å². The minimum absolute atomic E-state index is 0. The minimum atomic E-state index is -0.499. The number of rotatable bonds is 4. The molecule has 4 aliphatic rings. The number of halogens is 1. The monoisotopic (exact) mass is 790 g/mol. The Labute approximate surface area is 330 Å². The topological polar surface area (TPSA) is 175 Å². The van der Waals surface area contributed by atoms with Gasteiger partial charge in [0, 0.05) is 43.6 Å². The maximum Gasteiger partial charge on any atom is 0.410 e. The van der Waals surface area contributed by atoms with Gasteiger partial charge in [0.25, 0.3) is 0 Å². The molecule has 0 aromatic rings. The number of hydrogen-bond acceptors (Lipinski definition) is 11. The lowest BCUT2D eigenvalue weighted by Crippen LogP contribution is -2.39. The molecule has 0 radical (unpaired) electrons. The summed E-state index contributed by atoms with van der Waals surface area (Å²) in [5.74, 6) is 0.316. The Morgan fingerprint density at radius 3 is 1.50 bits per heavy atom. The smallest absolute Gasteiger partial charge is 0.410 e. The van der Waals surface area contributed by atoms with E-state index in [-0.39, 0.29) is 79.6 Å². The average molecular weight is 791 g/mol. The normalized spacial score (nSPS) is 24.0. The number of carbonyl (C=O) groups excluding carboxylic acids is 5. The van der Waals surface area contributed by atoms with Crippen LogP contribution in [0.5, 0.6) is 0 Å². The number of Topliss-reactive ketones (excluding diaryl/α,β-unsaturated/α-hetero) is 2. The maximum atomic E-state index is 11.8. The Hall–Kier alpha value is -2.94. The summed E-state index contributed by atoms with van der Waals surface area (Å²) < 4.78 is 15.9. The van der Waals surface area contributed by atoms with Crippen molar-refractivity contribution in [2.24, 2.45) is 0 Å². The quantitative estimate of drug-likeness (QED) is 0.224. The van der Waals surface area contributed by atoms with Crippen LogP contribution >= 0.6 is 12.4 Å². The van der Waals surface area contributed by atoms with Crippen molar-refractivity contribution in [2.45, 2.75) is 175 Å². The molecule has 3 amide bonds. The SMILES string of the molecule is C=C1C[C@@H](CC)N(C(=O)OC(C)(C)C)C1.CC[C@@H]1CC(=O)CN1C(=O)OC(C)(C)C.CC[C@@H]1C[C@@H](O)CN1C(=O)OC(C)(C)C.Cl.O=C1CN[C@H](CO)C1. The molecule has 0 unspecified atom stereocenters. The highest BCUT2D eigenvalue weighted by Gasteiger charge is 2.37. The van der Waals surface area contributed by atoms with Crippen LogP contribution in [0, 0.1) is 0 Å². The lowest BCUT2D eigenvalue weighted by molar-refractivity contribution is -0.117. The van der Waals surface area contributed by atoms with E-state index in [1.54, 1.807) is 9.80 Å². The molecule has 4 saturated heterocycles. The first-order valence-electron chi connectivity index (χ1n) is 19.0. The third kappa shape index (κ3) is 19.1. The standard InChI is InChI=1S/C12H21NO2.C11H21NO3.C11H19NO3.C5H9NO2.ClH/c1-6-10-7-9(2)8-13(10)11(14)15-12(3,4)5;2*1-5-8-6-9(13)7-12(8)10(14)15-11(2,3)4;7-3-4-1-5(8)2-6-4;/h10H,2,6-8H2,1,3-5H3;8-9,13H,5-7H2,1-4H3;8H,5-7H2,1-4H3;4,6-7H,1-3H2;1H/t10-;8-,9-;8-;4-;/m1110./s1. The first kappa shape index (κ1) is 51.1. The van der Waals surface area contributed by atoms with Gasteiger partial charge in [-0.25, -0.2) is 14.4 Å². The molecule has 15 heteroatoms. The van der Waals surface area contributed by atoms with Crippen molar-refractivity contribution in [3.05, 3.63) is 12.2 Å². The predicted octanol–water partition coefficient (Wildman–Crippen LogP) is 6.04. The molecule has 0 aromatic heterocycles. The highest BCUT2D eigenvalue weighted by Crippen LogP contribution is 2.26. The highest BCUT2D eigenvalue weighted by atomic mass is 35.5. The second-order valence-electron chi connectivity index (χ2n) is 17.1. The largest absolute Gasteiger partial charge is 0.444 e. The van der Waals surface area contributed by atoms with E-state index >= 15 is 0 Å². The summed E-state index contributed by atoms with van der Waals surface area (Å²) in [4.78, 5) is 62.0. The summed E-state index contributed by atoms with van der Waals surface area (Å²) in [6.07, 6.45) is 3.85. The van der Waals surface area contributed by atoms with E-state index in [4.69, 9.17) is 19.3 Å². The second kappa shape index (κ2) is 22.6. The molecular weight excluding hydrogens is 720 g/mol. The van der Waals surface area contributed by atoms with E-state index < -0.39 is 22.9 Å². The number of nitrogens with one attached hydrogen (secondary N) is 1. The van der Waals surface area contributed by atoms with E-state index in [0.29, 0.717) is 38.9 Å². The third-order valence-corrected chi connectivity index (χ3v) is 8.58. The number of ether oxygens (including phenoxy) is 3. The Kier molecular flexibility index (Phi) is 21.3. The molecule has 4 heterocycles. The molecule has 54 heavy (non-hydrogen) atoms. The van der Waals surface area contributed by atoms with Crippen LogP contribution in [0.15, 0.2) is 12.2 Å². The van der Waals surface area contributed by atoms with E-state index in [9.17, 15) is 29.1 Å². The van der Waals surface area contributed by atoms with Gasteiger partial charge in [0.05, 0.1) is 32.3 Å². The lowest BCUT2D eigenvalue weighted by Gasteiger charge is -2.27. The van der Waals surface area contributed by atoms with Crippen LogP contribution in [0.25, 0.3) is 0 Å². The zero-order chi connectivity index (χ0) is 40.9. The Bertz CT molecular complexity index is 1190. The van der Waals surface area contributed by atoms with Crippen molar-refractivity contribution in [1.82, 2.24) is 20.0 Å². The van der Waals surface area contributed by atoms with Crippen molar-refractivity contribution >= 4 is 42.3 Å². The molecule has 0 bridgehead atoms. The Morgan fingerprint density at radius 1 is 0.704 bits per heavy atom. The van der Waals surface area contributed by atoms with Crippen LogP contribution in [-0.4, -0.2) is 135 Å². The number of hydrogen-bond donors (Lipinski definition) is 3. The Morgan fingerprint density at radius 2 is 1.13 bits per heavy atom. The molecule has 0 saturated carbocycles. The van der Waals surface area contributed by atoms with Gasteiger partial charge in [-0.15, -0.1) is 12.4 Å². The molecule has 4 rings (SSSR count). The van der Waals surface area contributed by atoms with E-state index in [1.165, 1.54) is 4.90 Å². The van der Waals surface area contributed by atoms with Crippen molar-refractivity contribution in [2.75, 3.05) is 32.8 Å². The molecule has 0 aliphatic carbocycles. The molecule has 4 aliphatic heterocycles. The molecule has 14 nitrogen and oxygen atoms in total. The summed E-state index contributed by atoms with van der Waals surface area (Å²) in [6.45, 7) is 28.4. The number of ketones is 2. The zero-order valence-corrected chi connectivity index (χ0v) is 35.8. The highest BCUT2D eigenvalue weighted by molar-refractivity contribution is 5.88. The summed E-state index contributed by atoms with van der Waals surface area (Å²) in [7, 11) is 0. The molecule has 0 aromatic carbocycles. The summed E-state index contributed by atoms with van der Waals surface area (Å²) in [5, 5.41) is 20.8. The Balaban J connectivity index is 0.000000704. The van der Waals surface area contributed by atoms with Crippen molar-refractivity contribution < 1.29 is 48.4 Å². The molecular formula is C39H71ClN4O10. The maximum absolute atomic E-state index is 11.8. The van der Waals surface area contributed by atoms with Crippen LogP contribution in [0.4, 0.5) is 14.4 Å². The summed E-state index contributed by atoms with van der Waals surface area (Å²) in [6, 6.07) is 0.442. The number of amides is 3. The van der Waals surface area contributed by atoms with Crippen LogP contribution in [0.2, 0.25) is 0 Å². The molecule has 314 valence electrons. The number of β-amino-alcohol motifs (C(OH)–C–C–N with tert-alkyl or cyclic N) is 1. The molecule has 4 fully saturated rings. The van der Waals surface area contributed by atoms with Crippen LogP contribution < -0.4 is 5.32 Å². The van der Waals surface area contributed by atoms with E-state index in [2.05, 4.69) is 18.8 Å². The summed E-state index contributed by atoms with van der Waals surface area (Å²) in [5.41, 5.74) is -0.267. The first-order chi connectivity index (χ1) is 24.3. The van der Waals surface area contributed by atoms with Gasteiger partial charge in [0.2, 0.25) is 0 Å². The predicted molar refractivity (Wildman–Crippen MR) is 211 cm³/mol. The average Bonchev–Trinajstić information content (AvgIpc) is 3.81. The first-order valence-corrected chi connectivity index (χ1v) is 19.0. The fourth-order valence-electron chi connectivity index (χ4n) is 6.06. The van der Waals surface area contributed by atoms with Gasteiger partial charge >= 0.3 is 18.3 Å². The van der Waals surface area contributed by atoms with Gasteiger partial charge in [-0.2, -0.15) is 0 Å². The fraction of sp³-hybridized carbons (Fsp3) is 0.821. The van der Waals surface area contributed by atoms with Gasteiger partial charge in [0.1, 0.15) is 22.6 Å². The summed E-state index contributed by atoms with van der Waals surface area (Å²) >= 11 is 0. The molecule has 5 atom stereocenters. The second-order valence-corrected chi connectivity index (χ2v) is 17.1. The zero-order valence-electron chi connectivity index (χ0n) is 35.0. The third-order valence-electron chi connectivity index (χ3n) is 8.58. The fourth-order valence-corrected chi connectivity index (χ4v) is 6.06. The van der Waals surface area contributed by atoms with Gasteiger partial charge in [-0.05, 0) is 94.4 Å². The van der Waals surface area contributed by atoms with Gasteiger partial charge in [-0.1, -0.05) is 32.9 Å². The van der Waals surface area contributed by atoms with Crippen LogP contribution in [0.3, 0.4) is 0 Å². The lowest BCUT2D eigenvalue weighted by atomic mass is 10.1. The van der Waals surface area contributed by atoms with E-state index in [0.717, 1.165) is 31.3 Å². The number of nitrogens with zero attached hydrogens (tertiary/aromatic N) is 3. The van der Waals surface area contributed by atoms with Gasteiger partial charge in [-0.3, -0.25) is 14.5 Å². The number of aliphatic hydroxyl groups is 2. The van der Waals surface area contributed by atoms with Crippen molar-refractivity contribution in [3.8, 4) is 0 Å². The molecule has 0 spiro atoms. The number of likely N-dealkylation sites (tertiary alicyclic amines) is 3.